The van der Waals surface area contributed by atoms with E-state index in [1.165, 1.54) is 212 Å². The summed E-state index contributed by atoms with van der Waals surface area (Å²) in [6.45, 7) is 68.1. The third-order valence-electron chi connectivity index (χ3n) is 30.3. The second-order valence-corrected chi connectivity index (χ2v) is 47.1. The molecule has 4 aliphatic carbocycles. The van der Waals surface area contributed by atoms with Crippen molar-refractivity contribution in [3.8, 4) is 89.0 Å². The van der Waals surface area contributed by atoms with Gasteiger partial charge in [-0.2, -0.15) is 0 Å². The zero-order valence-corrected chi connectivity index (χ0v) is 89.8. The number of para-hydroxylation sites is 4. The molecule has 0 atom stereocenters. The van der Waals surface area contributed by atoms with Crippen molar-refractivity contribution in [2.24, 2.45) is 0 Å². The molecule has 0 saturated carbocycles. The summed E-state index contributed by atoms with van der Waals surface area (Å²) in [5, 5.41) is 0. The third kappa shape index (κ3) is 18.0. The van der Waals surface area contributed by atoms with E-state index in [1.54, 1.807) is 0 Å². The largest absolute Gasteiger partial charge is 0.335 e. The lowest BCUT2D eigenvalue weighted by Gasteiger charge is -2.44. The maximum Gasteiger partial charge on any atom is 0.0527 e. The van der Waals surface area contributed by atoms with Gasteiger partial charge in [0.05, 0.1) is 17.1 Å². The molecular weight excluding hydrogens is 1700 g/mol. The molecule has 16 aromatic rings. The monoisotopic (exact) mass is 1850 g/mol. The summed E-state index contributed by atoms with van der Waals surface area (Å²) in [4.78, 5) is 10.5. The Hall–Kier alpha value is -13.3. The SMILES string of the molecule is CC(C)(C)c1ccc2c(c1N(c1ccccc1-c1ccccc1)C(C)(C)C)C(C)(C)c1ccccc1-2.CC(C)c1ccc2c(c1N(c1ccccc1-c1ccccc1)C(C)(C)C)C(C)(C)c1ccccc1-2.CCc1cccc(-c2ccccc2)c1N(c1c(CC)ccc2c1C(C)(C)c1ccccc1-2)C(C)(C)C.Cc1cccc(-c2ccccc2)c1N(c1c(C)ccc2c1C(C)(C)c1ccccc1-2)C(C)(C)C. The van der Waals surface area contributed by atoms with Gasteiger partial charge in [0.2, 0.25) is 0 Å². The van der Waals surface area contributed by atoms with Crippen LogP contribution in [0.15, 0.2) is 352 Å². The highest BCUT2D eigenvalue weighted by Crippen LogP contribution is 2.63. The van der Waals surface area contributed by atoms with Crippen molar-refractivity contribution in [1.29, 1.82) is 0 Å². The van der Waals surface area contributed by atoms with Crippen molar-refractivity contribution >= 4 is 45.5 Å². The fraction of sp³-hybridized carbons (Fsp3) is 0.299. The summed E-state index contributed by atoms with van der Waals surface area (Å²) >= 11 is 0. The highest BCUT2D eigenvalue weighted by molar-refractivity contribution is 5.99. The van der Waals surface area contributed by atoms with Gasteiger partial charge in [-0.25, -0.2) is 0 Å². The number of anilines is 8. The van der Waals surface area contributed by atoms with E-state index < -0.39 is 0 Å². The van der Waals surface area contributed by atoms with Crippen LogP contribution in [0.25, 0.3) is 89.0 Å². The van der Waals surface area contributed by atoms with Crippen LogP contribution in [0, 0.1) is 13.8 Å². The second-order valence-electron chi connectivity index (χ2n) is 47.1. The number of benzene rings is 16. The van der Waals surface area contributed by atoms with Gasteiger partial charge >= 0.3 is 0 Å². The first kappa shape index (κ1) is 99.3. The predicted octanol–water partition coefficient (Wildman–Crippen LogP) is 38.5. The summed E-state index contributed by atoms with van der Waals surface area (Å²) in [6.07, 6.45) is 1.99. The minimum atomic E-state index is -0.148. The first-order valence-electron chi connectivity index (χ1n) is 51.7. The van der Waals surface area contributed by atoms with Gasteiger partial charge in [-0.15, -0.1) is 0 Å². The Morgan fingerprint density at radius 3 is 0.872 bits per heavy atom. The van der Waals surface area contributed by atoms with Crippen LogP contribution < -0.4 is 19.6 Å². The van der Waals surface area contributed by atoms with E-state index in [9.17, 15) is 0 Å². The van der Waals surface area contributed by atoms with Gasteiger partial charge in [-0.1, -0.05) is 444 Å². The van der Waals surface area contributed by atoms with Gasteiger partial charge in [0.15, 0.2) is 0 Å². The number of fused-ring (bicyclic) bond motifs is 12. The number of nitrogens with zero attached hydrogens (tertiary/aromatic N) is 4. The minimum absolute atomic E-state index is 0.0135. The molecule has 718 valence electrons. The van der Waals surface area contributed by atoms with Gasteiger partial charge < -0.3 is 19.6 Å². The first-order valence-corrected chi connectivity index (χ1v) is 51.7. The van der Waals surface area contributed by atoms with Crippen molar-refractivity contribution < 1.29 is 0 Å². The third-order valence-corrected chi connectivity index (χ3v) is 30.3. The fourth-order valence-electron chi connectivity index (χ4n) is 24.0. The maximum absolute atomic E-state index is 2.68. The van der Waals surface area contributed by atoms with Crippen LogP contribution in [0.1, 0.15) is 271 Å². The molecule has 0 heterocycles. The van der Waals surface area contributed by atoms with Crippen LogP contribution in [0.3, 0.4) is 0 Å². The van der Waals surface area contributed by atoms with E-state index in [4.69, 9.17) is 0 Å². The highest BCUT2D eigenvalue weighted by atomic mass is 15.2. The number of rotatable bonds is 15. The number of hydrogen-bond donors (Lipinski definition) is 0. The molecule has 4 aliphatic rings. The minimum Gasteiger partial charge on any atom is -0.335 e. The lowest BCUT2D eigenvalue weighted by molar-refractivity contribution is 0.535. The molecule has 141 heavy (non-hydrogen) atoms. The molecule has 0 spiro atoms. The molecule has 0 N–H and O–H groups in total. The van der Waals surface area contributed by atoms with Gasteiger partial charge in [-0.3, -0.25) is 0 Å². The van der Waals surface area contributed by atoms with E-state index in [2.05, 4.69) is 572 Å². The van der Waals surface area contributed by atoms with Gasteiger partial charge in [0, 0.05) is 94.5 Å². The van der Waals surface area contributed by atoms with Crippen molar-refractivity contribution in [3.05, 3.63) is 430 Å². The molecule has 0 saturated heterocycles. The average molecular weight is 1850 g/mol. The Bertz CT molecular complexity index is 7300. The van der Waals surface area contributed by atoms with Crippen molar-refractivity contribution in [2.75, 3.05) is 19.6 Å². The predicted molar refractivity (Wildman–Crippen MR) is 612 cm³/mol. The molecule has 0 aromatic heterocycles. The Morgan fingerprint density at radius 1 is 0.220 bits per heavy atom. The molecule has 4 nitrogen and oxygen atoms in total. The molecule has 0 amide bonds. The van der Waals surface area contributed by atoms with E-state index in [1.807, 2.05) is 0 Å². The van der Waals surface area contributed by atoms with Crippen LogP contribution in [-0.2, 0) is 39.9 Å². The van der Waals surface area contributed by atoms with Crippen LogP contribution in [0.5, 0.6) is 0 Å². The van der Waals surface area contributed by atoms with Crippen molar-refractivity contribution in [3.63, 3.8) is 0 Å². The van der Waals surface area contributed by atoms with Gasteiger partial charge in [-0.05, 0) is 278 Å². The van der Waals surface area contributed by atoms with Gasteiger partial charge in [0.25, 0.3) is 0 Å². The summed E-state index contributed by atoms with van der Waals surface area (Å²) in [6, 6.07) is 129. The van der Waals surface area contributed by atoms with Crippen molar-refractivity contribution in [2.45, 2.75) is 269 Å². The van der Waals surface area contributed by atoms with Crippen LogP contribution in [-0.4, -0.2) is 22.2 Å². The zero-order valence-electron chi connectivity index (χ0n) is 89.8. The summed E-state index contributed by atoms with van der Waals surface area (Å²) < 4.78 is 0. The van der Waals surface area contributed by atoms with Crippen LogP contribution in [0.2, 0.25) is 0 Å². The smallest absolute Gasteiger partial charge is 0.0527 e. The Balaban J connectivity index is 0.000000130. The van der Waals surface area contributed by atoms with Crippen LogP contribution >= 0.6 is 0 Å². The Morgan fingerprint density at radius 2 is 0.496 bits per heavy atom. The molecule has 0 aliphatic heterocycles. The molecule has 20 rings (SSSR count). The lowest BCUT2D eigenvalue weighted by Crippen LogP contribution is -2.41. The molecule has 0 bridgehead atoms. The standard InChI is InChI=1S/2C35H39N.C34H37N.C33H35N/c1-33(2,3)29-23-22-27-26-19-12-14-20-28(26)35(7,8)31(27)32(29)36(34(4,5)6)30-21-15-13-18-25(30)24-16-10-9-11-17-24;1-8-24-18-15-20-27(26-16-11-10-12-17-26)32(24)36(34(3,4)5)33-25(9-2)22-23-29-28-19-13-14-21-30(28)35(6,7)31(29)33;1-23(2)25-21-22-28-27-18-11-13-19-29(27)34(6,7)31(28)32(25)35(33(3,4)5)30-20-14-12-17-26(30)24-15-9-8-10-16-24;1-22-14-13-18-25(24-15-9-8-10-16-24)30(22)34(32(3,4)5)31-23(2)20-21-27-26-17-11-12-19-28(26)33(6,7)29(27)31/h9-23H,1-8H3;10-23H,8-9H2,1-7H3;8-23H,1-7H3;8-21H,1-7H3. The Labute approximate surface area is 846 Å². The second kappa shape index (κ2) is 38.0. The first-order chi connectivity index (χ1) is 66.9. The van der Waals surface area contributed by atoms with Crippen molar-refractivity contribution in [1.82, 2.24) is 0 Å². The van der Waals surface area contributed by atoms with E-state index in [0.29, 0.717) is 5.92 Å². The molecule has 4 heteroatoms. The quantitative estimate of drug-likeness (QED) is 0.101. The Kier molecular flexibility index (Phi) is 26.7. The zero-order chi connectivity index (χ0) is 101. The summed E-state index contributed by atoms with van der Waals surface area (Å²) in [5.41, 5.74) is 50.5. The molecular formula is C137H150N4. The molecule has 0 unspecified atom stereocenters. The fourth-order valence-corrected chi connectivity index (χ4v) is 24.0. The molecule has 16 aromatic carbocycles. The average Bonchev–Trinajstić information content (AvgIpc) is 1.56. The van der Waals surface area contributed by atoms with E-state index >= 15 is 0 Å². The highest BCUT2D eigenvalue weighted by Gasteiger charge is 2.48. The van der Waals surface area contributed by atoms with E-state index in [-0.39, 0.29) is 49.2 Å². The maximum atomic E-state index is 2.68. The summed E-state index contributed by atoms with van der Waals surface area (Å²) in [5.74, 6) is 0.406. The van der Waals surface area contributed by atoms with Crippen LogP contribution in [0.4, 0.5) is 45.5 Å². The normalized spacial score (nSPS) is 14.1. The van der Waals surface area contributed by atoms with Gasteiger partial charge in [0.1, 0.15) is 0 Å². The molecule has 0 radical (unpaired) electrons. The lowest BCUT2D eigenvalue weighted by atomic mass is 9.76. The topological polar surface area (TPSA) is 13.0 Å². The molecule has 0 fully saturated rings. The summed E-state index contributed by atoms with van der Waals surface area (Å²) in [7, 11) is 0. The number of aryl methyl sites for hydroxylation is 4. The number of hydrogen-bond acceptors (Lipinski definition) is 4. The van der Waals surface area contributed by atoms with E-state index in [0.717, 1.165) is 12.8 Å².